The summed E-state index contributed by atoms with van der Waals surface area (Å²) in [6.07, 6.45) is 2.42. The van der Waals surface area contributed by atoms with E-state index in [1.165, 1.54) is 11.2 Å². The molecule has 2 fully saturated rings. The number of amides is 3. The van der Waals surface area contributed by atoms with E-state index in [0.717, 1.165) is 11.4 Å². The van der Waals surface area contributed by atoms with Gasteiger partial charge in [-0.15, -0.1) is 0 Å². The highest BCUT2D eigenvalue weighted by Gasteiger charge is 2.57. The van der Waals surface area contributed by atoms with E-state index in [4.69, 9.17) is 4.74 Å². The Labute approximate surface area is 174 Å². The third-order valence-electron chi connectivity index (χ3n) is 5.88. The number of hydrogen-bond acceptors (Lipinski definition) is 7. The number of urea groups is 1. The maximum Gasteiger partial charge on any atom is 0.328 e. The largest absolute Gasteiger partial charge is 0.481 e. The number of carbonyl (C=O) groups excluding carboxylic acids is 2. The van der Waals surface area contributed by atoms with Gasteiger partial charge in [-0.1, -0.05) is 30.3 Å². The molecule has 9 heteroatoms. The van der Waals surface area contributed by atoms with Crippen molar-refractivity contribution in [2.75, 3.05) is 38.3 Å². The van der Waals surface area contributed by atoms with Gasteiger partial charge < -0.3 is 19.6 Å². The van der Waals surface area contributed by atoms with Gasteiger partial charge in [0.25, 0.3) is 5.91 Å². The lowest BCUT2D eigenvalue weighted by atomic mass is 9.85. The zero-order valence-electron chi connectivity index (χ0n) is 16.9. The number of carbonyl (C=O) groups is 2. The van der Waals surface area contributed by atoms with Crippen molar-refractivity contribution in [3.05, 3.63) is 48.3 Å². The molecule has 0 unspecified atom stereocenters. The molecule has 158 valence electrons. The van der Waals surface area contributed by atoms with Crippen LogP contribution >= 0.6 is 0 Å². The summed E-state index contributed by atoms with van der Waals surface area (Å²) in [5.74, 6) is 0.986. The molecule has 2 aromatic rings. The van der Waals surface area contributed by atoms with E-state index in [9.17, 15) is 14.7 Å². The SMILES string of the molecule is COc1cc(N2CCC3(CC2)C(=O)N(CCO)C(=O)N3Cc2ccccc2)ncn1. The topological polar surface area (TPSA) is 99.1 Å². The van der Waals surface area contributed by atoms with Crippen LogP contribution in [0.5, 0.6) is 5.88 Å². The number of β-amino-alcohol motifs (C(OH)–C–C–N with tert-alkyl or cyclic N) is 1. The van der Waals surface area contributed by atoms with Crippen molar-refractivity contribution in [2.24, 2.45) is 0 Å². The van der Waals surface area contributed by atoms with Crippen LogP contribution in [0, 0.1) is 0 Å². The number of hydrogen-bond donors (Lipinski definition) is 1. The lowest BCUT2D eigenvalue weighted by Gasteiger charge is -2.42. The van der Waals surface area contributed by atoms with Gasteiger partial charge in [-0.05, 0) is 18.4 Å². The zero-order chi connectivity index (χ0) is 21.1. The normalized spacial score (nSPS) is 18.4. The van der Waals surface area contributed by atoms with Crippen molar-refractivity contribution >= 4 is 17.8 Å². The number of aliphatic hydroxyl groups excluding tert-OH is 1. The van der Waals surface area contributed by atoms with Gasteiger partial charge in [0.2, 0.25) is 5.88 Å². The Bertz CT molecular complexity index is 915. The van der Waals surface area contributed by atoms with Crippen molar-refractivity contribution in [1.82, 2.24) is 19.8 Å². The molecule has 2 saturated heterocycles. The number of imide groups is 1. The van der Waals surface area contributed by atoms with E-state index in [0.29, 0.717) is 38.4 Å². The molecule has 0 saturated carbocycles. The van der Waals surface area contributed by atoms with Crippen LogP contribution in [0.3, 0.4) is 0 Å². The first-order valence-corrected chi connectivity index (χ1v) is 9.98. The van der Waals surface area contributed by atoms with Crippen molar-refractivity contribution in [1.29, 1.82) is 0 Å². The Morgan fingerprint density at radius 1 is 1.13 bits per heavy atom. The minimum atomic E-state index is -0.907. The third-order valence-corrected chi connectivity index (χ3v) is 5.88. The molecule has 0 atom stereocenters. The Kier molecular flexibility index (Phi) is 5.54. The van der Waals surface area contributed by atoms with Crippen LogP contribution in [-0.2, 0) is 11.3 Å². The highest BCUT2D eigenvalue weighted by molar-refractivity contribution is 6.07. The van der Waals surface area contributed by atoms with Crippen LogP contribution < -0.4 is 9.64 Å². The highest BCUT2D eigenvalue weighted by atomic mass is 16.5. The van der Waals surface area contributed by atoms with Crippen LogP contribution in [0.4, 0.5) is 10.6 Å². The van der Waals surface area contributed by atoms with Gasteiger partial charge in [0.05, 0.1) is 20.3 Å². The minimum Gasteiger partial charge on any atom is -0.481 e. The number of nitrogens with zero attached hydrogens (tertiary/aromatic N) is 5. The quantitative estimate of drug-likeness (QED) is 0.715. The van der Waals surface area contributed by atoms with Crippen LogP contribution in [0.15, 0.2) is 42.7 Å². The first kappa shape index (κ1) is 20.1. The van der Waals surface area contributed by atoms with Crippen LogP contribution in [-0.4, -0.2) is 75.7 Å². The Morgan fingerprint density at radius 2 is 1.87 bits per heavy atom. The molecule has 1 spiro atoms. The molecule has 2 aliphatic heterocycles. The van der Waals surface area contributed by atoms with E-state index in [1.807, 2.05) is 30.3 Å². The van der Waals surface area contributed by atoms with Crippen molar-refractivity contribution in [3.63, 3.8) is 0 Å². The lowest BCUT2D eigenvalue weighted by Crippen LogP contribution is -2.56. The fraction of sp³-hybridized carbons (Fsp3) is 0.429. The number of rotatable bonds is 6. The number of anilines is 1. The van der Waals surface area contributed by atoms with Crippen LogP contribution in [0.2, 0.25) is 0 Å². The summed E-state index contributed by atoms with van der Waals surface area (Å²) in [5, 5.41) is 9.37. The monoisotopic (exact) mass is 411 g/mol. The number of benzene rings is 1. The second kappa shape index (κ2) is 8.27. The summed E-state index contributed by atoms with van der Waals surface area (Å²) in [4.78, 5) is 39.7. The molecule has 3 heterocycles. The molecule has 4 rings (SSSR count). The molecule has 3 amide bonds. The van der Waals surface area contributed by atoms with Crippen molar-refractivity contribution in [2.45, 2.75) is 24.9 Å². The van der Waals surface area contributed by atoms with E-state index in [2.05, 4.69) is 14.9 Å². The molecule has 30 heavy (non-hydrogen) atoms. The first-order valence-electron chi connectivity index (χ1n) is 9.98. The second-order valence-corrected chi connectivity index (χ2v) is 7.47. The maximum absolute atomic E-state index is 13.3. The first-order chi connectivity index (χ1) is 14.6. The molecule has 0 bridgehead atoms. The Balaban J connectivity index is 1.59. The van der Waals surface area contributed by atoms with E-state index in [-0.39, 0.29) is 25.1 Å². The zero-order valence-corrected chi connectivity index (χ0v) is 16.9. The maximum atomic E-state index is 13.3. The molecular formula is C21H25N5O4. The summed E-state index contributed by atoms with van der Waals surface area (Å²) in [5.41, 5.74) is 0.0576. The highest BCUT2D eigenvalue weighted by Crippen LogP contribution is 2.39. The van der Waals surface area contributed by atoms with Gasteiger partial charge in [-0.3, -0.25) is 9.69 Å². The molecule has 1 aromatic carbocycles. The van der Waals surface area contributed by atoms with Gasteiger partial charge in [0, 0.05) is 25.7 Å². The number of aliphatic hydroxyl groups is 1. The van der Waals surface area contributed by atoms with Gasteiger partial charge in [-0.25, -0.2) is 14.8 Å². The second-order valence-electron chi connectivity index (χ2n) is 7.47. The lowest BCUT2D eigenvalue weighted by molar-refractivity contribution is -0.134. The average molecular weight is 411 g/mol. The summed E-state index contributed by atoms with van der Waals surface area (Å²) < 4.78 is 5.18. The molecule has 0 aliphatic carbocycles. The Hall–Kier alpha value is -3.20. The van der Waals surface area contributed by atoms with Crippen LogP contribution in [0.25, 0.3) is 0 Å². The van der Waals surface area contributed by atoms with E-state index < -0.39 is 5.54 Å². The molecule has 9 nitrogen and oxygen atoms in total. The summed E-state index contributed by atoms with van der Waals surface area (Å²) >= 11 is 0. The molecule has 0 radical (unpaired) electrons. The predicted molar refractivity (Wildman–Crippen MR) is 109 cm³/mol. The average Bonchev–Trinajstić information content (AvgIpc) is 2.97. The fourth-order valence-corrected chi connectivity index (χ4v) is 4.27. The van der Waals surface area contributed by atoms with Gasteiger partial charge in [0.1, 0.15) is 17.7 Å². The predicted octanol–water partition coefficient (Wildman–Crippen LogP) is 1.28. The number of ether oxygens (including phenoxy) is 1. The summed E-state index contributed by atoms with van der Waals surface area (Å²) in [6, 6.07) is 11.1. The van der Waals surface area contributed by atoms with Crippen molar-refractivity contribution in [3.8, 4) is 5.88 Å². The third kappa shape index (κ3) is 3.45. The minimum absolute atomic E-state index is 0.0114. The van der Waals surface area contributed by atoms with E-state index in [1.54, 1.807) is 18.1 Å². The standard InChI is InChI=1S/C21H25N5O4/c1-30-18-13-17(22-15-23-18)24-9-7-21(8-10-24)19(28)25(11-12-27)20(29)26(21)14-16-5-3-2-4-6-16/h2-6,13,15,27H,7-12,14H2,1H3. The van der Waals surface area contributed by atoms with Gasteiger partial charge in [-0.2, -0.15) is 0 Å². The molecule has 1 N–H and O–H groups in total. The number of methoxy groups -OCH3 is 1. The van der Waals surface area contributed by atoms with Gasteiger partial charge >= 0.3 is 6.03 Å². The molecular weight excluding hydrogens is 386 g/mol. The molecule has 1 aromatic heterocycles. The summed E-state index contributed by atoms with van der Waals surface area (Å²) in [6.45, 7) is 1.25. The molecule has 2 aliphatic rings. The number of aromatic nitrogens is 2. The smallest absolute Gasteiger partial charge is 0.328 e. The van der Waals surface area contributed by atoms with Crippen LogP contribution in [0.1, 0.15) is 18.4 Å². The Morgan fingerprint density at radius 3 is 2.53 bits per heavy atom. The van der Waals surface area contributed by atoms with Crippen molar-refractivity contribution < 1.29 is 19.4 Å². The van der Waals surface area contributed by atoms with Gasteiger partial charge in [0.15, 0.2) is 0 Å². The fourth-order valence-electron chi connectivity index (χ4n) is 4.27. The number of piperidine rings is 1. The summed E-state index contributed by atoms with van der Waals surface area (Å²) in [7, 11) is 1.55. The van der Waals surface area contributed by atoms with E-state index >= 15 is 0 Å².